The highest BCUT2D eigenvalue weighted by atomic mass is 16.5. The molecule has 1 aliphatic rings. The normalized spacial score (nSPS) is 14.7. The van der Waals surface area contributed by atoms with Gasteiger partial charge in [0.15, 0.2) is 0 Å². The summed E-state index contributed by atoms with van der Waals surface area (Å²) in [7, 11) is 1.68. The third-order valence-electron chi connectivity index (χ3n) is 7.39. The van der Waals surface area contributed by atoms with Gasteiger partial charge in [0.1, 0.15) is 5.75 Å². The van der Waals surface area contributed by atoms with Crippen LogP contribution in [-0.2, 0) is 0 Å². The lowest BCUT2D eigenvalue weighted by molar-refractivity contribution is 0.415. The van der Waals surface area contributed by atoms with Crippen LogP contribution in [0.3, 0.4) is 0 Å². The molecular formula is C40H38N2O. The highest BCUT2D eigenvalue weighted by Crippen LogP contribution is 2.30. The molecule has 0 fully saturated rings. The van der Waals surface area contributed by atoms with Crippen LogP contribution >= 0.6 is 0 Å². The van der Waals surface area contributed by atoms with Crippen LogP contribution in [0.1, 0.15) is 30.9 Å². The van der Waals surface area contributed by atoms with E-state index < -0.39 is 0 Å². The smallest absolute Gasteiger partial charge is 0.119 e. The van der Waals surface area contributed by atoms with Crippen molar-refractivity contribution in [3.05, 3.63) is 181 Å². The minimum atomic E-state index is 0.847. The van der Waals surface area contributed by atoms with E-state index >= 15 is 0 Å². The molecule has 0 saturated carbocycles. The Labute approximate surface area is 256 Å². The van der Waals surface area contributed by atoms with Crippen molar-refractivity contribution in [3.63, 3.8) is 0 Å². The zero-order valence-electron chi connectivity index (χ0n) is 24.9. The van der Waals surface area contributed by atoms with Gasteiger partial charge in [-0.15, -0.1) is 0 Å². The van der Waals surface area contributed by atoms with Gasteiger partial charge in [0.2, 0.25) is 0 Å². The number of hydrogen-bond donors (Lipinski definition) is 1. The van der Waals surface area contributed by atoms with Gasteiger partial charge < -0.3 is 15.0 Å². The average Bonchev–Trinajstić information content (AvgIpc) is 3.05. The predicted octanol–water partition coefficient (Wildman–Crippen LogP) is 10.7. The van der Waals surface area contributed by atoms with Crippen molar-refractivity contribution < 1.29 is 4.74 Å². The molecule has 0 atom stereocenters. The highest BCUT2D eigenvalue weighted by Gasteiger charge is 2.14. The molecule has 0 heterocycles. The molecule has 0 bridgehead atoms. The maximum absolute atomic E-state index is 5.27. The van der Waals surface area contributed by atoms with E-state index in [0.29, 0.717) is 0 Å². The maximum Gasteiger partial charge on any atom is 0.119 e. The number of ether oxygens (including phenoxy) is 1. The number of benzene rings is 4. The van der Waals surface area contributed by atoms with E-state index in [1.165, 1.54) is 11.1 Å². The van der Waals surface area contributed by atoms with Crippen molar-refractivity contribution in [2.24, 2.45) is 0 Å². The Kier molecular flexibility index (Phi) is 9.90. The molecule has 3 heteroatoms. The monoisotopic (exact) mass is 562 g/mol. The van der Waals surface area contributed by atoms with Gasteiger partial charge in [-0.1, -0.05) is 91.5 Å². The first kappa shape index (κ1) is 29.2. The van der Waals surface area contributed by atoms with Crippen molar-refractivity contribution in [2.75, 3.05) is 17.3 Å². The van der Waals surface area contributed by atoms with E-state index in [2.05, 4.69) is 133 Å². The molecule has 4 aromatic rings. The number of hydrogen-bond acceptors (Lipinski definition) is 3. The van der Waals surface area contributed by atoms with E-state index in [0.717, 1.165) is 58.2 Å². The number of nitrogens with zero attached hydrogens (tertiary/aromatic N) is 1. The molecule has 1 N–H and O–H groups in total. The van der Waals surface area contributed by atoms with Crippen molar-refractivity contribution in [1.29, 1.82) is 0 Å². The quantitative estimate of drug-likeness (QED) is 0.195. The summed E-state index contributed by atoms with van der Waals surface area (Å²) in [6.07, 6.45) is 17.3. The number of allylic oxidation sites excluding steroid dienone is 9. The van der Waals surface area contributed by atoms with Crippen LogP contribution in [0.15, 0.2) is 170 Å². The Morgan fingerprint density at radius 1 is 0.791 bits per heavy atom. The van der Waals surface area contributed by atoms with E-state index in [-0.39, 0.29) is 0 Å². The van der Waals surface area contributed by atoms with Gasteiger partial charge in [-0.05, 0) is 109 Å². The Balaban J connectivity index is 1.41. The summed E-state index contributed by atoms with van der Waals surface area (Å²) in [5.74, 6) is 0.847. The standard InChI is InChI=1S/C40H38N2O/c1-4-37(27-19-31(2)32-13-7-5-8-14-32)42(38-16-9-6-10-17-38)39-18-12-11-15-33(22-28-39)34-20-23-35(24-21-34)41-36-25-29-40(43-3)30-26-36/h4-10,12-14,16-30,41H,2,11,15H2,1,3H3/b18-12?,27-19-,33-22+,37-4+,39-28?. The Morgan fingerprint density at radius 2 is 1.44 bits per heavy atom. The fraction of sp³-hybridized carbons (Fsp3) is 0.100. The number of nitrogens with one attached hydrogen (secondary N) is 1. The largest absolute Gasteiger partial charge is 0.497 e. The summed E-state index contributed by atoms with van der Waals surface area (Å²) in [6, 6.07) is 37.4. The molecule has 0 unspecified atom stereocenters. The molecule has 0 spiro atoms. The topological polar surface area (TPSA) is 24.5 Å². The molecular weight excluding hydrogens is 524 g/mol. The van der Waals surface area contributed by atoms with Crippen LogP contribution in [0.4, 0.5) is 17.1 Å². The van der Waals surface area contributed by atoms with Gasteiger partial charge in [0.25, 0.3) is 0 Å². The second-order valence-corrected chi connectivity index (χ2v) is 10.3. The Bertz CT molecular complexity index is 1660. The van der Waals surface area contributed by atoms with Crippen LogP contribution < -0.4 is 15.0 Å². The predicted molar refractivity (Wildman–Crippen MR) is 184 cm³/mol. The Hall–Kier alpha value is -5.28. The van der Waals surface area contributed by atoms with Gasteiger partial charge in [-0.25, -0.2) is 0 Å². The summed E-state index contributed by atoms with van der Waals surface area (Å²) in [5, 5.41) is 3.47. The number of methoxy groups -OCH3 is 1. The molecule has 0 aromatic heterocycles. The molecule has 1 aliphatic carbocycles. The van der Waals surface area contributed by atoms with Crippen LogP contribution in [0.5, 0.6) is 5.75 Å². The molecule has 4 aromatic carbocycles. The number of para-hydroxylation sites is 1. The zero-order chi connectivity index (χ0) is 29.9. The molecule has 0 radical (unpaired) electrons. The highest BCUT2D eigenvalue weighted by molar-refractivity contribution is 5.75. The fourth-order valence-electron chi connectivity index (χ4n) is 5.02. The SMILES string of the molecule is C=C(/C=C\C(=C/C)N(C1=C/C=C(/c2ccc(Nc3ccc(OC)cc3)cc2)CCC=C1)c1ccccc1)c1ccccc1. The van der Waals surface area contributed by atoms with Crippen molar-refractivity contribution >= 4 is 28.2 Å². The van der Waals surface area contributed by atoms with E-state index in [4.69, 9.17) is 4.74 Å². The lowest BCUT2D eigenvalue weighted by Gasteiger charge is -2.28. The first-order valence-corrected chi connectivity index (χ1v) is 14.7. The third kappa shape index (κ3) is 7.72. The third-order valence-corrected chi connectivity index (χ3v) is 7.39. The molecule has 43 heavy (non-hydrogen) atoms. The van der Waals surface area contributed by atoms with Crippen LogP contribution in [0.25, 0.3) is 11.1 Å². The van der Waals surface area contributed by atoms with Gasteiger partial charge in [-0.2, -0.15) is 0 Å². The first-order chi connectivity index (χ1) is 21.1. The van der Waals surface area contributed by atoms with Crippen LogP contribution in [0, 0.1) is 0 Å². The molecule has 0 aliphatic heterocycles. The van der Waals surface area contributed by atoms with E-state index in [1.807, 2.05) is 42.5 Å². The summed E-state index contributed by atoms with van der Waals surface area (Å²) >= 11 is 0. The average molecular weight is 563 g/mol. The first-order valence-electron chi connectivity index (χ1n) is 14.7. The van der Waals surface area contributed by atoms with Crippen molar-refractivity contribution in [1.82, 2.24) is 0 Å². The second-order valence-electron chi connectivity index (χ2n) is 10.3. The van der Waals surface area contributed by atoms with Crippen LogP contribution in [0.2, 0.25) is 0 Å². The summed E-state index contributed by atoms with van der Waals surface area (Å²) < 4.78 is 5.27. The van der Waals surface area contributed by atoms with E-state index in [1.54, 1.807) is 7.11 Å². The summed E-state index contributed by atoms with van der Waals surface area (Å²) in [6.45, 7) is 6.38. The fourth-order valence-corrected chi connectivity index (χ4v) is 5.02. The van der Waals surface area contributed by atoms with Gasteiger partial charge in [0, 0.05) is 28.5 Å². The molecule has 0 amide bonds. The molecule has 214 valence electrons. The maximum atomic E-state index is 5.27. The van der Waals surface area contributed by atoms with E-state index in [9.17, 15) is 0 Å². The lowest BCUT2D eigenvalue weighted by Crippen LogP contribution is -2.20. The minimum absolute atomic E-state index is 0.847. The van der Waals surface area contributed by atoms with Crippen molar-refractivity contribution in [3.8, 4) is 5.75 Å². The molecule has 5 rings (SSSR count). The van der Waals surface area contributed by atoms with Crippen LogP contribution in [-0.4, -0.2) is 7.11 Å². The minimum Gasteiger partial charge on any atom is -0.497 e. The molecule has 3 nitrogen and oxygen atoms in total. The number of rotatable bonds is 10. The zero-order valence-corrected chi connectivity index (χ0v) is 24.9. The van der Waals surface area contributed by atoms with Gasteiger partial charge >= 0.3 is 0 Å². The van der Waals surface area contributed by atoms with Gasteiger partial charge in [0.05, 0.1) is 7.11 Å². The number of anilines is 3. The van der Waals surface area contributed by atoms with Gasteiger partial charge in [-0.3, -0.25) is 0 Å². The van der Waals surface area contributed by atoms with Crippen molar-refractivity contribution in [2.45, 2.75) is 19.8 Å². The summed E-state index contributed by atoms with van der Waals surface area (Å²) in [4.78, 5) is 2.30. The molecule has 0 saturated heterocycles. The second kappa shape index (κ2) is 14.6. The Morgan fingerprint density at radius 3 is 2.09 bits per heavy atom. The lowest BCUT2D eigenvalue weighted by atomic mass is 9.98. The summed E-state index contributed by atoms with van der Waals surface area (Å²) in [5.41, 5.74) is 9.97.